The highest BCUT2D eigenvalue weighted by Crippen LogP contribution is 2.06. The van der Waals surface area contributed by atoms with E-state index in [-0.39, 0.29) is 12.0 Å². The van der Waals surface area contributed by atoms with Crippen LogP contribution >= 0.6 is 22.6 Å². The maximum Gasteiger partial charge on any atom is 0.323 e. The van der Waals surface area contributed by atoms with E-state index in [2.05, 4.69) is 5.32 Å². The number of carbonyl (C=O) groups is 1. The molecule has 0 saturated carbocycles. The molecular formula is C6H10INO2. The van der Waals surface area contributed by atoms with Crippen LogP contribution in [0.15, 0.2) is 0 Å². The molecule has 4 heteroatoms. The van der Waals surface area contributed by atoms with Gasteiger partial charge in [-0.05, 0) is 42.0 Å². The average molecular weight is 255 g/mol. The number of hydrogen-bond acceptors (Lipinski definition) is 3. The van der Waals surface area contributed by atoms with Crippen molar-refractivity contribution >= 4 is 28.6 Å². The third-order valence-corrected chi connectivity index (χ3v) is 1.85. The predicted molar refractivity (Wildman–Crippen MR) is 46.0 cm³/mol. The zero-order valence-corrected chi connectivity index (χ0v) is 7.76. The van der Waals surface area contributed by atoms with Crippen LogP contribution in [0, 0.1) is 0 Å². The third kappa shape index (κ3) is 2.09. The van der Waals surface area contributed by atoms with Gasteiger partial charge in [0.05, 0.1) is 0 Å². The molecule has 1 N–H and O–H groups in total. The number of hydrogen-bond donors (Lipinski definition) is 1. The molecule has 1 heterocycles. The molecule has 0 aromatic heterocycles. The highest BCUT2D eigenvalue weighted by Gasteiger charge is 2.22. The van der Waals surface area contributed by atoms with Gasteiger partial charge in [-0.1, -0.05) is 0 Å². The summed E-state index contributed by atoms with van der Waals surface area (Å²) in [5.74, 6) is -0.105. The van der Waals surface area contributed by atoms with Gasteiger partial charge in [0.1, 0.15) is 10.7 Å². The van der Waals surface area contributed by atoms with Crippen molar-refractivity contribution in [3.8, 4) is 0 Å². The summed E-state index contributed by atoms with van der Waals surface area (Å²) in [6.07, 6.45) is 2.01. The Morgan fingerprint density at radius 3 is 3.10 bits per heavy atom. The predicted octanol–water partition coefficient (Wildman–Crippen LogP) is 0.674. The fraction of sp³-hybridized carbons (Fsp3) is 0.833. The number of halogens is 1. The molecule has 0 radical (unpaired) electrons. The minimum atomic E-state index is -0.105. The lowest BCUT2D eigenvalue weighted by Gasteiger charge is -2.06. The lowest BCUT2D eigenvalue weighted by Crippen LogP contribution is -2.32. The van der Waals surface area contributed by atoms with Gasteiger partial charge in [-0.25, -0.2) is 0 Å². The molecule has 0 aliphatic carbocycles. The number of esters is 1. The van der Waals surface area contributed by atoms with E-state index in [1.54, 1.807) is 0 Å². The van der Waals surface area contributed by atoms with Crippen LogP contribution in [0.2, 0.25) is 0 Å². The van der Waals surface area contributed by atoms with E-state index in [9.17, 15) is 4.79 Å². The Labute approximate surface area is 73.6 Å². The van der Waals surface area contributed by atoms with Crippen molar-refractivity contribution < 1.29 is 9.53 Å². The molecule has 0 spiro atoms. The third-order valence-electron chi connectivity index (χ3n) is 1.54. The lowest BCUT2D eigenvalue weighted by atomic mass is 10.2. The molecule has 0 aromatic rings. The van der Waals surface area contributed by atoms with E-state index in [1.807, 2.05) is 22.6 Å². The second kappa shape index (κ2) is 4.12. The molecule has 1 unspecified atom stereocenters. The first-order valence-electron chi connectivity index (χ1n) is 3.30. The molecule has 1 aliphatic heterocycles. The van der Waals surface area contributed by atoms with Crippen LogP contribution in [0.5, 0.6) is 0 Å². The summed E-state index contributed by atoms with van der Waals surface area (Å²) in [6, 6.07) is -0.0326. The van der Waals surface area contributed by atoms with Crippen LogP contribution in [0.4, 0.5) is 0 Å². The van der Waals surface area contributed by atoms with Crippen LogP contribution in [-0.4, -0.2) is 23.2 Å². The Balaban J connectivity index is 2.25. The summed E-state index contributed by atoms with van der Waals surface area (Å²) in [6.45, 7) is 0.945. The van der Waals surface area contributed by atoms with Gasteiger partial charge in [0.15, 0.2) is 0 Å². The Hall–Kier alpha value is 0.160. The van der Waals surface area contributed by atoms with Gasteiger partial charge in [0.2, 0.25) is 0 Å². The van der Waals surface area contributed by atoms with Crippen molar-refractivity contribution in [2.24, 2.45) is 0 Å². The van der Waals surface area contributed by atoms with E-state index in [0.717, 1.165) is 19.4 Å². The van der Waals surface area contributed by atoms with Gasteiger partial charge >= 0.3 is 5.97 Å². The average Bonchev–Trinajstić information content (AvgIpc) is 2.38. The van der Waals surface area contributed by atoms with Crippen LogP contribution < -0.4 is 5.32 Å². The molecule has 1 rings (SSSR count). The molecule has 0 bridgehead atoms. The first kappa shape index (κ1) is 8.26. The highest BCUT2D eigenvalue weighted by atomic mass is 127. The number of carbonyl (C=O) groups excluding carboxylic acids is 1. The zero-order chi connectivity index (χ0) is 7.40. The first-order valence-corrected chi connectivity index (χ1v) is 4.83. The first-order chi connectivity index (χ1) is 4.84. The minimum absolute atomic E-state index is 0.0326. The molecule has 10 heavy (non-hydrogen) atoms. The summed E-state index contributed by atoms with van der Waals surface area (Å²) in [5, 5.41) is 3.06. The van der Waals surface area contributed by atoms with Gasteiger partial charge in [-0.3, -0.25) is 4.79 Å². The standard InChI is InChI=1S/C6H10INO2/c7-4-10-6(9)5-2-1-3-8-5/h5,8H,1-4H2. The summed E-state index contributed by atoms with van der Waals surface area (Å²) >= 11 is 2.02. The fourth-order valence-corrected chi connectivity index (χ4v) is 1.35. The summed E-state index contributed by atoms with van der Waals surface area (Å²) in [4.78, 5) is 11.0. The fourth-order valence-electron chi connectivity index (χ4n) is 1.04. The molecule has 3 nitrogen and oxygen atoms in total. The number of nitrogens with one attached hydrogen (secondary N) is 1. The molecule has 0 amide bonds. The van der Waals surface area contributed by atoms with Crippen molar-refractivity contribution in [3.05, 3.63) is 0 Å². The van der Waals surface area contributed by atoms with Crippen LogP contribution in [-0.2, 0) is 9.53 Å². The van der Waals surface area contributed by atoms with Gasteiger partial charge in [0, 0.05) is 0 Å². The van der Waals surface area contributed by atoms with Crippen LogP contribution in [0.1, 0.15) is 12.8 Å². The van der Waals surface area contributed by atoms with Crippen molar-refractivity contribution in [2.45, 2.75) is 18.9 Å². The molecule has 1 atom stereocenters. The molecule has 0 aromatic carbocycles. The van der Waals surface area contributed by atoms with E-state index in [1.165, 1.54) is 0 Å². The summed E-state index contributed by atoms with van der Waals surface area (Å²) < 4.78 is 5.26. The SMILES string of the molecule is O=C(OCI)C1CCCN1. The lowest BCUT2D eigenvalue weighted by molar-refractivity contribution is -0.143. The van der Waals surface area contributed by atoms with Crippen molar-refractivity contribution in [1.82, 2.24) is 5.32 Å². The van der Waals surface area contributed by atoms with Gasteiger partial charge in [-0.2, -0.15) is 0 Å². The van der Waals surface area contributed by atoms with Crippen LogP contribution in [0.3, 0.4) is 0 Å². The van der Waals surface area contributed by atoms with E-state index < -0.39 is 0 Å². The van der Waals surface area contributed by atoms with Crippen molar-refractivity contribution in [3.63, 3.8) is 0 Å². The Kier molecular flexibility index (Phi) is 3.41. The quantitative estimate of drug-likeness (QED) is 0.448. The Morgan fingerprint density at radius 2 is 2.60 bits per heavy atom. The van der Waals surface area contributed by atoms with Crippen molar-refractivity contribution in [2.75, 3.05) is 11.2 Å². The summed E-state index contributed by atoms with van der Waals surface area (Å²) in [7, 11) is 0. The Bertz CT molecular complexity index is 123. The summed E-state index contributed by atoms with van der Waals surface area (Å²) in [5.41, 5.74) is 0. The van der Waals surface area contributed by atoms with Gasteiger partial charge in [-0.15, -0.1) is 0 Å². The molecule has 1 saturated heterocycles. The van der Waals surface area contributed by atoms with E-state index >= 15 is 0 Å². The number of alkyl halides is 1. The van der Waals surface area contributed by atoms with Crippen molar-refractivity contribution in [1.29, 1.82) is 0 Å². The highest BCUT2D eigenvalue weighted by molar-refractivity contribution is 14.1. The number of rotatable bonds is 2. The molecular weight excluding hydrogens is 245 g/mol. The number of ether oxygens (including phenoxy) is 1. The zero-order valence-electron chi connectivity index (χ0n) is 5.60. The monoisotopic (exact) mass is 255 g/mol. The second-order valence-electron chi connectivity index (χ2n) is 2.22. The van der Waals surface area contributed by atoms with Gasteiger partial charge in [0.25, 0.3) is 0 Å². The van der Waals surface area contributed by atoms with Gasteiger partial charge < -0.3 is 10.1 Å². The second-order valence-corrected chi connectivity index (χ2v) is 2.84. The molecule has 1 fully saturated rings. The van der Waals surface area contributed by atoms with E-state index in [4.69, 9.17) is 4.74 Å². The minimum Gasteiger partial charge on any atom is -0.454 e. The van der Waals surface area contributed by atoms with E-state index in [0.29, 0.717) is 4.61 Å². The van der Waals surface area contributed by atoms with Crippen LogP contribution in [0.25, 0.3) is 0 Å². The largest absolute Gasteiger partial charge is 0.454 e. The molecule has 1 aliphatic rings. The maximum absolute atomic E-state index is 11.0. The molecule has 58 valence electrons. The topological polar surface area (TPSA) is 38.3 Å². The smallest absolute Gasteiger partial charge is 0.323 e. The maximum atomic E-state index is 11.0. The Morgan fingerprint density at radius 1 is 1.80 bits per heavy atom. The normalized spacial score (nSPS) is 24.7.